The molecular formula is C14H20N4. The molecule has 1 N–H and O–H groups in total. The first kappa shape index (κ1) is 11.5. The van der Waals surface area contributed by atoms with E-state index in [-0.39, 0.29) is 0 Å². The number of benzene rings is 1. The van der Waals surface area contributed by atoms with Crippen molar-refractivity contribution in [3.8, 4) is 0 Å². The summed E-state index contributed by atoms with van der Waals surface area (Å²) in [5.74, 6) is 1.10. The van der Waals surface area contributed by atoms with Gasteiger partial charge in [0.05, 0.1) is 11.0 Å². The van der Waals surface area contributed by atoms with Gasteiger partial charge in [-0.25, -0.2) is 4.98 Å². The molecule has 3 rings (SSSR count). The Morgan fingerprint density at radius 1 is 1.17 bits per heavy atom. The minimum Gasteiger partial charge on any atom is -0.340 e. The predicted octanol–water partition coefficient (Wildman–Crippen LogP) is 1.60. The van der Waals surface area contributed by atoms with Crippen LogP contribution >= 0.6 is 0 Å². The maximum Gasteiger partial charge on any atom is 0.206 e. The summed E-state index contributed by atoms with van der Waals surface area (Å²) >= 11 is 0. The Morgan fingerprint density at radius 3 is 2.61 bits per heavy atom. The topological polar surface area (TPSA) is 33.1 Å². The van der Waals surface area contributed by atoms with Gasteiger partial charge in [0.2, 0.25) is 5.95 Å². The first-order valence-corrected chi connectivity index (χ1v) is 6.57. The van der Waals surface area contributed by atoms with Crippen molar-refractivity contribution >= 4 is 17.0 Å². The third-order valence-electron chi connectivity index (χ3n) is 3.95. The van der Waals surface area contributed by atoms with E-state index in [1.165, 1.54) is 16.6 Å². The molecule has 1 fully saturated rings. The Kier molecular flexibility index (Phi) is 2.74. The zero-order valence-corrected chi connectivity index (χ0v) is 11.3. The lowest BCUT2D eigenvalue weighted by Gasteiger charge is -2.28. The molecule has 0 aliphatic carbocycles. The van der Waals surface area contributed by atoms with Gasteiger partial charge in [0, 0.05) is 33.2 Å². The van der Waals surface area contributed by atoms with Crippen molar-refractivity contribution < 1.29 is 0 Å². The molecule has 0 unspecified atom stereocenters. The third-order valence-corrected chi connectivity index (χ3v) is 3.95. The van der Waals surface area contributed by atoms with Crippen molar-refractivity contribution in [1.29, 1.82) is 0 Å². The van der Waals surface area contributed by atoms with Gasteiger partial charge in [0.1, 0.15) is 0 Å². The number of aromatic nitrogens is 2. The second-order valence-electron chi connectivity index (χ2n) is 5.08. The van der Waals surface area contributed by atoms with E-state index in [1.807, 2.05) is 0 Å². The van der Waals surface area contributed by atoms with E-state index in [9.17, 15) is 0 Å². The van der Waals surface area contributed by atoms with Gasteiger partial charge in [-0.1, -0.05) is 6.07 Å². The Balaban J connectivity index is 2.13. The smallest absolute Gasteiger partial charge is 0.206 e. The highest BCUT2D eigenvalue weighted by molar-refractivity contribution is 5.83. The monoisotopic (exact) mass is 244 g/mol. The van der Waals surface area contributed by atoms with E-state index in [0.29, 0.717) is 0 Å². The number of imidazole rings is 1. The number of fused-ring (bicyclic) bond motifs is 1. The quantitative estimate of drug-likeness (QED) is 0.827. The molecule has 1 saturated heterocycles. The van der Waals surface area contributed by atoms with Crippen LogP contribution in [-0.4, -0.2) is 35.7 Å². The summed E-state index contributed by atoms with van der Waals surface area (Å²) in [6, 6.07) is 4.36. The summed E-state index contributed by atoms with van der Waals surface area (Å²) in [6.45, 7) is 8.47. The van der Waals surface area contributed by atoms with E-state index in [4.69, 9.17) is 4.98 Å². The molecule has 1 aromatic heterocycles. The Morgan fingerprint density at radius 2 is 1.89 bits per heavy atom. The second kappa shape index (κ2) is 4.28. The van der Waals surface area contributed by atoms with Crippen molar-refractivity contribution in [3.63, 3.8) is 0 Å². The van der Waals surface area contributed by atoms with E-state index in [2.05, 4.69) is 47.8 Å². The summed E-state index contributed by atoms with van der Waals surface area (Å²) in [5, 5.41) is 3.38. The lowest BCUT2D eigenvalue weighted by atomic mass is 10.1. The fourth-order valence-corrected chi connectivity index (χ4v) is 2.63. The first-order chi connectivity index (χ1) is 8.68. The zero-order valence-electron chi connectivity index (χ0n) is 11.3. The van der Waals surface area contributed by atoms with Crippen molar-refractivity contribution in [2.75, 3.05) is 31.1 Å². The van der Waals surface area contributed by atoms with Gasteiger partial charge in [-0.2, -0.15) is 0 Å². The zero-order chi connectivity index (χ0) is 12.7. The number of hydrogen-bond acceptors (Lipinski definition) is 3. The standard InChI is InChI=1S/C14H20N4/c1-10-4-5-12-13(11(10)2)16-14(17(12)3)18-8-6-15-7-9-18/h4-5,15H,6-9H2,1-3H3. The molecule has 2 aromatic rings. The molecule has 0 amide bonds. The molecule has 4 nitrogen and oxygen atoms in total. The molecule has 1 aromatic carbocycles. The molecule has 18 heavy (non-hydrogen) atoms. The molecule has 1 aliphatic rings. The van der Waals surface area contributed by atoms with Crippen LogP contribution in [0.3, 0.4) is 0 Å². The van der Waals surface area contributed by atoms with E-state index >= 15 is 0 Å². The molecule has 0 bridgehead atoms. The van der Waals surface area contributed by atoms with Crippen LogP contribution in [0.25, 0.3) is 11.0 Å². The van der Waals surface area contributed by atoms with Gasteiger partial charge in [0.15, 0.2) is 0 Å². The van der Waals surface area contributed by atoms with Crippen molar-refractivity contribution in [2.24, 2.45) is 7.05 Å². The van der Waals surface area contributed by atoms with Gasteiger partial charge in [0.25, 0.3) is 0 Å². The maximum absolute atomic E-state index is 4.86. The van der Waals surface area contributed by atoms with Crippen molar-refractivity contribution in [3.05, 3.63) is 23.3 Å². The van der Waals surface area contributed by atoms with Gasteiger partial charge >= 0.3 is 0 Å². The van der Waals surface area contributed by atoms with Gasteiger partial charge in [-0.15, -0.1) is 0 Å². The summed E-state index contributed by atoms with van der Waals surface area (Å²) < 4.78 is 2.22. The van der Waals surface area contributed by atoms with E-state index in [0.717, 1.165) is 37.6 Å². The highest BCUT2D eigenvalue weighted by Gasteiger charge is 2.18. The average molecular weight is 244 g/mol. The molecule has 4 heteroatoms. The maximum atomic E-state index is 4.86. The van der Waals surface area contributed by atoms with Crippen LogP contribution in [0.15, 0.2) is 12.1 Å². The highest BCUT2D eigenvalue weighted by Crippen LogP contribution is 2.25. The van der Waals surface area contributed by atoms with Gasteiger partial charge in [-0.3, -0.25) is 0 Å². The van der Waals surface area contributed by atoms with Crippen LogP contribution in [0.1, 0.15) is 11.1 Å². The van der Waals surface area contributed by atoms with E-state index in [1.54, 1.807) is 0 Å². The first-order valence-electron chi connectivity index (χ1n) is 6.57. The summed E-state index contributed by atoms with van der Waals surface area (Å²) in [6.07, 6.45) is 0. The van der Waals surface area contributed by atoms with Crippen LogP contribution < -0.4 is 10.2 Å². The largest absolute Gasteiger partial charge is 0.340 e. The third kappa shape index (κ3) is 1.68. The summed E-state index contributed by atoms with van der Waals surface area (Å²) in [5.41, 5.74) is 4.98. The summed E-state index contributed by atoms with van der Waals surface area (Å²) in [7, 11) is 2.11. The van der Waals surface area contributed by atoms with Gasteiger partial charge < -0.3 is 14.8 Å². The van der Waals surface area contributed by atoms with Crippen LogP contribution in [0.4, 0.5) is 5.95 Å². The average Bonchev–Trinajstić information content (AvgIpc) is 2.73. The fourth-order valence-electron chi connectivity index (χ4n) is 2.63. The molecule has 0 atom stereocenters. The number of piperazine rings is 1. The number of rotatable bonds is 1. The molecule has 1 aliphatic heterocycles. The molecule has 0 radical (unpaired) electrons. The molecule has 0 spiro atoms. The van der Waals surface area contributed by atoms with Crippen LogP contribution in [0.2, 0.25) is 0 Å². The van der Waals surface area contributed by atoms with E-state index < -0.39 is 0 Å². The lowest BCUT2D eigenvalue weighted by molar-refractivity contribution is 0.575. The highest BCUT2D eigenvalue weighted by atomic mass is 15.3. The SMILES string of the molecule is Cc1ccc2c(nc(N3CCNCC3)n2C)c1C. The number of anilines is 1. The Hall–Kier alpha value is -1.55. The molecular weight excluding hydrogens is 224 g/mol. The van der Waals surface area contributed by atoms with Crippen LogP contribution in [-0.2, 0) is 7.05 Å². The Bertz CT molecular complexity index is 579. The minimum atomic E-state index is 1.04. The van der Waals surface area contributed by atoms with Crippen molar-refractivity contribution in [2.45, 2.75) is 13.8 Å². The minimum absolute atomic E-state index is 1.04. The van der Waals surface area contributed by atoms with Crippen LogP contribution in [0.5, 0.6) is 0 Å². The van der Waals surface area contributed by atoms with Gasteiger partial charge in [-0.05, 0) is 31.0 Å². The van der Waals surface area contributed by atoms with Crippen molar-refractivity contribution in [1.82, 2.24) is 14.9 Å². The fraction of sp³-hybridized carbons (Fsp3) is 0.500. The number of nitrogens with zero attached hydrogens (tertiary/aromatic N) is 3. The number of hydrogen-bond donors (Lipinski definition) is 1. The molecule has 2 heterocycles. The lowest BCUT2D eigenvalue weighted by Crippen LogP contribution is -2.44. The molecule has 0 saturated carbocycles. The number of nitrogens with one attached hydrogen (secondary N) is 1. The Labute approximate surface area is 108 Å². The summed E-state index contributed by atoms with van der Waals surface area (Å²) in [4.78, 5) is 7.22. The predicted molar refractivity (Wildman–Crippen MR) is 75.3 cm³/mol. The molecule has 96 valence electrons. The number of aryl methyl sites for hydroxylation is 3. The van der Waals surface area contributed by atoms with Crippen LogP contribution in [0, 0.1) is 13.8 Å². The normalized spacial score (nSPS) is 16.5. The second-order valence-corrected chi connectivity index (χ2v) is 5.08.